The number of aliphatic hydroxyl groups excluding tert-OH is 1. The van der Waals surface area contributed by atoms with Crippen LogP contribution in [0.1, 0.15) is 12.8 Å². The van der Waals surface area contributed by atoms with Gasteiger partial charge in [-0.3, -0.25) is 4.90 Å². The molecular weight excluding hydrogens is 130 g/mol. The molecule has 0 aromatic rings. The van der Waals surface area contributed by atoms with Gasteiger partial charge >= 0.3 is 0 Å². The zero-order chi connectivity index (χ0) is 7.03. The summed E-state index contributed by atoms with van der Waals surface area (Å²) in [5.74, 6) is 0. The first-order chi connectivity index (χ1) is 4.87. The van der Waals surface area contributed by atoms with Crippen molar-refractivity contribution in [2.24, 2.45) is 0 Å². The van der Waals surface area contributed by atoms with E-state index in [9.17, 15) is 0 Å². The van der Waals surface area contributed by atoms with E-state index >= 15 is 0 Å². The van der Waals surface area contributed by atoms with E-state index in [0.29, 0.717) is 6.61 Å². The second-order valence-corrected chi connectivity index (χ2v) is 3.04. The van der Waals surface area contributed by atoms with Crippen LogP contribution in [-0.2, 0) is 4.74 Å². The average Bonchev–Trinajstić information content (AvgIpc) is 2.51. The van der Waals surface area contributed by atoms with Crippen LogP contribution in [0.4, 0.5) is 0 Å². The van der Waals surface area contributed by atoms with Gasteiger partial charge in [-0.25, -0.2) is 0 Å². The Kier molecular flexibility index (Phi) is 1.44. The number of nitrogens with zero attached hydrogens (tertiary/aromatic N) is 1. The lowest BCUT2D eigenvalue weighted by Gasteiger charge is -2.08. The topological polar surface area (TPSA) is 32.5 Å². The Balaban J connectivity index is 1.82. The normalized spacial score (nSPS) is 43.5. The van der Waals surface area contributed by atoms with Gasteiger partial charge in [0.25, 0.3) is 0 Å². The Labute approximate surface area is 60.6 Å². The van der Waals surface area contributed by atoms with Crippen molar-refractivity contribution in [3.8, 4) is 0 Å². The first-order valence-corrected chi connectivity index (χ1v) is 3.87. The van der Waals surface area contributed by atoms with Crippen molar-refractivity contribution >= 4 is 0 Å². The second kappa shape index (κ2) is 2.19. The van der Waals surface area contributed by atoms with Crippen LogP contribution in [0, 0.1) is 0 Å². The fraction of sp³-hybridized carbons (Fsp3) is 1.00. The minimum atomic E-state index is 0.0860. The van der Waals surface area contributed by atoms with Gasteiger partial charge in [-0.2, -0.15) is 0 Å². The van der Waals surface area contributed by atoms with Crippen LogP contribution in [0.25, 0.3) is 0 Å². The summed E-state index contributed by atoms with van der Waals surface area (Å²) in [6.45, 7) is 3.35. The predicted molar refractivity (Wildman–Crippen MR) is 36.6 cm³/mol. The molecule has 0 aliphatic carbocycles. The summed E-state index contributed by atoms with van der Waals surface area (Å²) in [5.41, 5.74) is 0.0860. The van der Waals surface area contributed by atoms with Crippen molar-refractivity contribution in [1.29, 1.82) is 0 Å². The molecule has 2 rings (SSSR count). The highest BCUT2D eigenvalue weighted by Crippen LogP contribution is 2.41. The summed E-state index contributed by atoms with van der Waals surface area (Å²) in [5, 5.41) is 8.59. The third-order valence-electron chi connectivity index (χ3n) is 2.37. The van der Waals surface area contributed by atoms with Crippen LogP contribution in [0.2, 0.25) is 0 Å². The fourth-order valence-electron chi connectivity index (χ4n) is 1.69. The van der Waals surface area contributed by atoms with E-state index in [1.165, 1.54) is 0 Å². The number of ether oxygens (including phenoxy) is 1. The Morgan fingerprint density at radius 3 is 3.00 bits per heavy atom. The molecule has 2 aliphatic heterocycles. The van der Waals surface area contributed by atoms with E-state index in [1.54, 1.807) is 0 Å². The number of hydrogen-bond donors (Lipinski definition) is 1. The highest BCUT2D eigenvalue weighted by Gasteiger charge is 2.55. The molecule has 0 saturated carbocycles. The highest BCUT2D eigenvalue weighted by atomic mass is 16.5. The van der Waals surface area contributed by atoms with Gasteiger partial charge in [0.15, 0.2) is 0 Å². The van der Waals surface area contributed by atoms with Crippen molar-refractivity contribution in [3.05, 3.63) is 0 Å². The maximum Gasteiger partial charge on any atom is 0.134 e. The Morgan fingerprint density at radius 1 is 1.60 bits per heavy atom. The zero-order valence-electron chi connectivity index (χ0n) is 6.05. The molecule has 58 valence electrons. The van der Waals surface area contributed by atoms with Crippen molar-refractivity contribution in [1.82, 2.24) is 4.90 Å². The van der Waals surface area contributed by atoms with Gasteiger partial charge in [0.2, 0.25) is 0 Å². The van der Waals surface area contributed by atoms with Crippen molar-refractivity contribution in [2.75, 3.05) is 26.3 Å². The molecule has 2 aliphatic rings. The molecule has 1 N–H and O–H groups in total. The number of rotatable bonds is 3. The molecule has 10 heavy (non-hydrogen) atoms. The summed E-state index contributed by atoms with van der Waals surface area (Å²) in [4.78, 5) is 2.32. The summed E-state index contributed by atoms with van der Waals surface area (Å²) in [6, 6.07) is 0. The van der Waals surface area contributed by atoms with Gasteiger partial charge in [0.1, 0.15) is 5.72 Å². The van der Waals surface area contributed by atoms with Gasteiger partial charge in [0, 0.05) is 19.7 Å². The molecule has 2 fully saturated rings. The van der Waals surface area contributed by atoms with Crippen LogP contribution in [0.5, 0.6) is 0 Å². The molecule has 0 radical (unpaired) electrons. The van der Waals surface area contributed by atoms with E-state index in [2.05, 4.69) is 4.90 Å². The average molecular weight is 143 g/mol. The van der Waals surface area contributed by atoms with Crippen LogP contribution < -0.4 is 0 Å². The maximum absolute atomic E-state index is 8.59. The second-order valence-electron chi connectivity index (χ2n) is 3.04. The molecule has 0 aromatic heterocycles. The lowest BCUT2D eigenvalue weighted by molar-refractivity contribution is 0.0479. The van der Waals surface area contributed by atoms with E-state index in [0.717, 1.165) is 32.5 Å². The number of aliphatic hydroxyl groups is 1. The SMILES string of the molecule is OCCCC12CN1CCO2. The minimum Gasteiger partial charge on any atom is -0.396 e. The molecule has 0 spiro atoms. The number of hydrogen-bond acceptors (Lipinski definition) is 3. The smallest absolute Gasteiger partial charge is 0.134 e. The van der Waals surface area contributed by atoms with E-state index in [4.69, 9.17) is 9.84 Å². The lowest BCUT2D eigenvalue weighted by atomic mass is 10.2. The molecule has 0 aromatic carbocycles. The highest BCUT2D eigenvalue weighted by molar-refractivity contribution is 5.02. The molecule has 0 bridgehead atoms. The van der Waals surface area contributed by atoms with Crippen molar-refractivity contribution < 1.29 is 9.84 Å². The van der Waals surface area contributed by atoms with Gasteiger partial charge < -0.3 is 9.84 Å². The van der Waals surface area contributed by atoms with Gasteiger partial charge in [-0.15, -0.1) is 0 Å². The van der Waals surface area contributed by atoms with Crippen LogP contribution >= 0.6 is 0 Å². The molecule has 2 atom stereocenters. The molecular formula is C7H13NO2. The first-order valence-electron chi connectivity index (χ1n) is 3.87. The van der Waals surface area contributed by atoms with E-state index in [1.807, 2.05) is 0 Å². The molecule has 3 heteroatoms. The van der Waals surface area contributed by atoms with Gasteiger partial charge in [-0.05, 0) is 12.8 Å². The minimum absolute atomic E-state index is 0.0860. The van der Waals surface area contributed by atoms with Crippen molar-refractivity contribution in [2.45, 2.75) is 18.6 Å². The van der Waals surface area contributed by atoms with Gasteiger partial charge in [0.05, 0.1) is 6.61 Å². The molecule has 0 amide bonds. The zero-order valence-corrected chi connectivity index (χ0v) is 6.05. The third-order valence-corrected chi connectivity index (χ3v) is 2.37. The first kappa shape index (κ1) is 6.58. The van der Waals surface area contributed by atoms with E-state index < -0.39 is 0 Å². The monoisotopic (exact) mass is 143 g/mol. The largest absolute Gasteiger partial charge is 0.396 e. The summed E-state index contributed by atoms with van der Waals surface area (Å²) >= 11 is 0. The fourth-order valence-corrected chi connectivity index (χ4v) is 1.69. The Bertz CT molecular complexity index is 140. The van der Waals surface area contributed by atoms with E-state index in [-0.39, 0.29) is 5.72 Å². The Morgan fingerprint density at radius 2 is 2.50 bits per heavy atom. The van der Waals surface area contributed by atoms with Gasteiger partial charge in [-0.1, -0.05) is 0 Å². The quantitative estimate of drug-likeness (QED) is 0.555. The van der Waals surface area contributed by atoms with Crippen LogP contribution in [0.15, 0.2) is 0 Å². The molecule has 2 heterocycles. The third kappa shape index (κ3) is 0.856. The number of fused-ring (bicyclic) bond motifs is 1. The van der Waals surface area contributed by atoms with Crippen molar-refractivity contribution in [3.63, 3.8) is 0 Å². The number of morpholine rings is 1. The Hall–Kier alpha value is -0.120. The summed E-state index contributed by atoms with van der Waals surface area (Å²) in [7, 11) is 0. The molecule has 2 unspecified atom stereocenters. The van der Waals surface area contributed by atoms with Crippen LogP contribution in [-0.4, -0.2) is 42.0 Å². The predicted octanol–water partition coefficient (Wildman–Crippen LogP) is -0.199. The van der Waals surface area contributed by atoms with Crippen LogP contribution in [0.3, 0.4) is 0 Å². The summed E-state index contributed by atoms with van der Waals surface area (Å²) in [6.07, 6.45) is 1.88. The maximum atomic E-state index is 8.59. The summed E-state index contributed by atoms with van der Waals surface area (Å²) < 4.78 is 5.53. The lowest BCUT2D eigenvalue weighted by Crippen LogP contribution is -2.14. The molecule has 2 saturated heterocycles. The molecule has 3 nitrogen and oxygen atoms in total. The standard InChI is InChI=1S/C7H13NO2/c9-4-1-2-7-6-8(7)3-5-10-7/h9H,1-6H2.